The Bertz CT molecular complexity index is 563. The van der Waals surface area contributed by atoms with Crippen molar-refractivity contribution in [2.75, 3.05) is 7.05 Å². The Morgan fingerprint density at radius 1 is 1.19 bits per heavy atom. The third-order valence-electron chi connectivity index (χ3n) is 4.46. The quantitative estimate of drug-likeness (QED) is 0.909. The van der Waals surface area contributed by atoms with Crippen LogP contribution in [-0.4, -0.2) is 30.9 Å². The van der Waals surface area contributed by atoms with E-state index >= 15 is 0 Å². The summed E-state index contributed by atoms with van der Waals surface area (Å²) < 4.78 is 26.6. The first-order valence-electron chi connectivity index (χ1n) is 7.57. The average molecular weight is 311 g/mol. The summed E-state index contributed by atoms with van der Waals surface area (Å²) in [6.07, 6.45) is 4.11. The zero-order valence-corrected chi connectivity index (χ0v) is 13.6. The molecule has 1 saturated carbocycles. The Balaban J connectivity index is 2.06. The van der Waals surface area contributed by atoms with Crippen molar-refractivity contribution < 1.29 is 13.5 Å². The predicted molar refractivity (Wildman–Crippen MR) is 84.2 cm³/mol. The maximum Gasteiger partial charge on any atom is 0.218 e. The molecule has 0 radical (unpaired) electrons. The lowest BCUT2D eigenvalue weighted by atomic mass is 9.87. The molecular weight excluding hydrogens is 286 g/mol. The third kappa shape index (κ3) is 4.28. The normalized spacial score (nSPS) is 23.4. The van der Waals surface area contributed by atoms with E-state index in [0.29, 0.717) is 5.92 Å². The molecule has 0 unspecified atom stereocenters. The van der Waals surface area contributed by atoms with Crippen molar-refractivity contribution in [2.24, 2.45) is 5.92 Å². The molecule has 0 aliphatic heterocycles. The van der Waals surface area contributed by atoms with E-state index in [1.165, 1.54) is 0 Å². The molecule has 21 heavy (non-hydrogen) atoms. The molecule has 0 aromatic heterocycles. The third-order valence-corrected chi connectivity index (χ3v) is 6.34. The van der Waals surface area contributed by atoms with Crippen molar-refractivity contribution in [2.45, 2.75) is 51.0 Å². The molecule has 0 atom stereocenters. The zero-order valence-electron chi connectivity index (χ0n) is 12.8. The molecule has 1 aromatic carbocycles. The van der Waals surface area contributed by atoms with Gasteiger partial charge in [-0.25, -0.2) is 12.7 Å². The second-order valence-electron chi connectivity index (χ2n) is 6.16. The van der Waals surface area contributed by atoms with Crippen molar-refractivity contribution in [3.63, 3.8) is 0 Å². The highest BCUT2D eigenvalue weighted by molar-refractivity contribution is 7.88. The van der Waals surface area contributed by atoms with Crippen molar-refractivity contribution in [1.29, 1.82) is 0 Å². The van der Waals surface area contributed by atoms with E-state index in [9.17, 15) is 8.42 Å². The Morgan fingerprint density at radius 3 is 2.43 bits per heavy atom. The zero-order chi connectivity index (χ0) is 15.5. The number of hydrogen-bond donors (Lipinski definition) is 1. The lowest BCUT2D eigenvalue weighted by molar-refractivity contribution is 0.246. The van der Waals surface area contributed by atoms with Gasteiger partial charge in [0.2, 0.25) is 10.0 Å². The lowest BCUT2D eigenvalue weighted by Gasteiger charge is -2.32. The van der Waals surface area contributed by atoms with E-state index in [4.69, 9.17) is 5.11 Å². The number of aliphatic hydroxyl groups excluding tert-OH is 1. The van der Waals surface area contributed by atoms with Crippen LogP contribution in [-0.2, 0) is 22.4 Å². The largest absolute Gasteiger partial charge is 0.392 e. The molecular formula is C16H25NO3S. The molecule has 0 amide bonds. The minimum Gasteiger partial charge on any atom is -0.392 e. The van der Waals surface area contributed by atoms with E-state index in [0.717, 1.165) is 36.8 Å². The average Bonchev–Trinajstić information content (AvgIpc) is 2.47. The van der Waals surface area contributed by atoms with Gasteiger partial charge in [-0.05, 0) is 42.7 Å². The van der Waals surface area contributed by atoms with Crippen LogP contribution in [0.25, 0.3) is 0 Å². The van der Waals surface area contributed by atoms with Crippen LogP contribution in [0.15, 0.2) is 24.3 Å². The van der Waals surface area contributed by atoms with Gasteiger partial charge in [0.1, 0.15) is 0 Å². The van der Waals surface area contributed by atoms with E-state index < -0.39 is 10.0 Å². The molecule has 0 bridgehead atoms. The molecule has 118 valence electrons. The summed E-state index contributed by atoms with van der Waals surface area (Å²) in [6.45, 7) is 2.16. The minimum absolute atomic E-state index is 0.00337. The van der Waals surface area contributed by atoms with Crippen LogP contribution in [0.5, 0.6) is 0 Å². The Hall–Kier alpha value is -0.910. The fourth-order valence-corrected chi connectivity index (χ4v) is 4.43. The summed E-state index contributed by atoms with van der Waals surface area (Å²) in [5.41, 5.74) is 1.48. The second kappa shape index (κ2) is 6.90. The van der Waals surface area contributed by atoms with Crippen LogP contribution in [0, 0.1) is 5.92 Å². The molecule has 4 nitrogen and oxygen atoms in total. The highest BCUT2D eigenvalue weighted by atomic mass is 32.2. The lowest BCUT2D eigenvalue weighted by Crippen LogP contribution is -2.39. The van der Waals surface area contributed by atoms with Gasteiger partial charge in [0.15, 0.2) is 0 Å². The van der Waals surface area contributed by atoms with E-state index in [2.05, 4.69) is 6.92 Å². The summed E-state index contributed by atoms with van der Waals surface area (Å²) in [6, 6.07) is 7.27. The first-order valence-corrected chi connectivity index (χ1v) is 9.17. The number of benzene rings is 1. The number of rotatable bonds is 5. The van der Waals surface area contributed by atoms with E-state index in [-0.39, 0.29) is 18.4 Å². The summed E-state index contributed by atoms with van der Waals surface area (Å²) in [7, 11) is -1.60. The van der Waals surface area contributed by atoms with Crippen LogP contribution in [0.3, 0.4) is 0 Å². The van der Waals surface area contributed by atoms with E-state index in [1.807, 2.05) is 0 Å². The molecule has 1 aromatic rings. The van der Waals surface area contributed by atoms with Gasteiger partial charge < -0.3 is 5.11 Å². The second-order valence-corrected chi connectivity index (χ2v) is 8.19. The Morgan fingerprint density at radius 2 is 1.81 bits per heavy atom. The van der Waals surface area contributed by atoms with Crippen molar-refractivity contribution >= 4 is 10.0 Å². The molecule has 0 saturated heterocycles. The molecule has 0 spiro atoms. The van der Waals surface area contributed by atoms with Gasteiger partial charge in [-0.15, -0.1) is 0 Å². The molecule has 0 heterocycles. The van der Waals surface area contributed by atoms with E-state index in [1.54, 1.807) is 35.6 Å². The van der Waals surface area contributed by atoms with Gasteiger partial charge >= 0.3 is 0 Å². The fourth-order valence-electron chi connectivity index (χ4n) is 2.96. The van der Waals surface area contributed by atoms with Crippen LogP contribution >= 0.6 is 0 Å². The van der Waals surface area contributed by atoms with Crippen LogP contribution in [0.4, 0.5) is 0 Å². The molecule has 1 N–H and O–H groups in total. The van der Waals surface area contributed by atoms with Crippen molar-refractivity contribution in [1.82, 2.24) is 4.31 Å². The van der Waals surface area contributed by atoms with Crippen LogP contribution in [0.1, 0.15) is 43.7 Å². The Kier molecular flexibility index (Phi) is 5.41. The molecule has 1 fully saturated rings. The molecule has 1 aliphatic carbocycles. The van der Waals surface area contributed by atoms with Gasteiger partial charge in [-0.1, -0.05) is 31.2 Å². The maximum atomic E-state index is 12.5. The number of aliphatic hydroxyl groups is 1. The summed E-state index contributed by atoms with van der Waals surface area (Å²) in [5, 5.41) is 9.14. The first kappa shape index (κ1) is 16.5. The van der Waals surface area contributed by atoms with Crippen LogP contribution in [0.2, 0.25) is 0 Å². The fraction of sp³-hybridized carbons (Fsp3) is 0.625. The van der Waals surface area contributed by atoms with Gasteiger partial charge in [0.25, 0.3) is 0 Å². The van der Waals surface area contributed by atoms with Gasteiger partial charge in [-0.3, -0.25) is 0 Å². The number of nitrogens with zero attached hydrogens (tertiary/aromatic N) is 1. The predicted octanol–water partition coefficient (Wildman–Crippen LogP) is 2.52. The van der Waals surface area contributed by atoms with Crippen molar-refractivity contribution in [3.05, 3.63) is 35.4 Å². The molecule has 5 heteroatoms. The smallest absolute Gasteiger partial charge is 0.218 e. The highest BCUT2D eigenvalue weighted by Gasteiger charge is 2.29. The van der Waals surface area contributed by atoms with Gasteiger partial charge in [-0.2, -0.15) is 0 Å². The number of hydrogen-bond acceptors (Lipinski definition) is 3. The standard InChI is InChI=1S/C16H25NO3S/c1-13-6-8-16(9-7-13)17(2)21(19,20)12-15-5-3-4-14(10-15)11-18/h3-5,10,13,16,18H,6-9,11-12H2,1-2H3. The summed E-state index contributed by atoms with van der Waals surface area (Å²) >= 11 is 0. The summed E-state index contributed by atoms with van der Waals surface area (Å²) in [5.74, 6) is 0.710. The number of sulfonamides is 1. The van der Waals surface area contributed by atoms with Crippen LogP contribution < -0.4 is 0 Å². The molecule has 1 aliphatic rings. The van der Waals surface area contributed by atoms with Gasteiger partial charge in [0.05, 0.1) is 12.4 Å². The SMILES string of the molecule is CC1CCC(N(C)S(=O)(=O)Cc2cccc(CO)c2)CC1. The monoisotopic (exact) mass is 311 g/mol. The Labute approximate surface area is 127 Å². The molecule has 2 rings (SSSR count). The highest BCUT2D eigenvalue weighted by Crippen LogP contribution is 2.28. The maximum absolute atomic E-state index is 12.5. The van der Waals surface area contributed by atoms with Crippen molar-refractivity contribution in [3.8, 4) is 0 Å². The first-order chi connectivity index (χ1) is 9.92. The topological polar surface area (TPSA) is 57.6 Å². The minimum atomic E-state index is -3.30. The summed E-state index contributed by atoms with van der Waals surface area (Å²) in [4.78, 5) is 0. The van der Waals surface area contributed by atoms with Gasteiger partial charge in [0, 0.05) is 13.1 Å².